The van der Waals surface area contributed by atoms with E-state index >= 15 is 0 Å². The van der Waals surface area contributed by atoms with Gasteiger partial charge in [0.15, 0.2) is 6.04 Å². The third kappa shape index (κ3) is 2.99. The zero-order valence-corrected chi connectivity index (χ0v) is 12.4. The van der Waals surface area contributed by atoms with Crippen LogP contribution in [0, 0.1) is 0 Å². The number of hydrogen-bond acceptors (Lipinski definition) is 2. The second kappa shape index (κ2) is 6.08. The highest BCUT2D eigenvalue weighted by Gasteiger charge is 2.45. The van der Waals surface area contributed by atoms with Crippen molar-refractivity contribution in [3.8, 4) is 0 Å². The molecule has 4 nitrogen and oxygen atoms in total. The average Bonchev–Trinajstić information content (AvgIpc) is 2.75. The summed E-state index contributed by atoms with van der Waals surface area (Å²) in [6, 6.07) is 3.80. The Morgan fingerprint density at radius 3 is 2.41 bits per heavy atom. The van der Waals surface area contributed by atoms with Gasteiger partial charge < -0.3 is 4.90 Å². The Hall–Kier alpha value is -1.89. The first-order chi connectivity index (χ1) is 10.3. The summed E-state index contributed by atoms with van der Waals surface area (Å²) in [5.41, 5.74) is -0.886. The molecule has 1 N–H and O–H groups in total. The minimum absolute atomic E-state index is 0.0149. The number of hydrogen-bond donors (Lipinski definition) is 1. The molecule has 1 saturated heterocycles. The monoisotopic (exact) mass is 315 g/mol. The Bertz CT molecular complexity index is 582. The topological polar surface area (TPSA) is 41.8 Å². The summed E-state index contributed by atoms with van der Waals surface area (Å²) in [5, 5.41) is 0. The van der Waals surface area contributed by atoms with Crippen LogP contribution >= 0.6 is 0 Å². The van der Waals surface area contributed by atoms with Crippen LogP contribution in [0.2, 0.25) is 0 Å². The molecule has 2 rings (SSSR count). The minimum atomic E-state index is -4.51. The number of halogens is 3. The second-order valence-electron chi connectivity index (χ2n) is 5.24. The molecule has 1 aliphatic rings. The van der Waals surface area contributed by atoms with E-state index in [-0.39, 0.29) is 12.1 Å². The van der Waals surface area contributed by atoms with E-state index in [1.165, 1.54) is 12.1 Å². The summed E-state index contributed by atoms with van der Waals surface area (Å²) >= 11 is 0. The molecule has 1 aromatic rings. The molecule has 1 atom stereocenters. The molecule has 22 heavy (non-hydrogen) atoms. The molecule has 0 unspecified atom stereocenters. The lowest BCUT2D eigenvalue weighted by Crippen LogP contribution is -3.16. The number of nitrogens with zero attached hydrogens (tertiary/aromatic N) is 1. The normalized spacial score (nSPS) is 19.4. The molecular formula is C15H18F3N2O2+. The van der Waals surface area contributed by atoms with Gasteiger partial charge in [-0.1, -0.05) is 6.07 Å². The first kappa shape index (κ1) is 16.5. The summed E-state index contributed by atoms with van der Waals surface area (Å²) in [4.78, 5) is 26.4. The minimum Gasteiger partial charge on any atom is -0.325 e. The number of nitrogens with one attached hydrogen (secondary N) is 1. The van der Waals surface area contributed by atoms with Crippen LogP contribution in [0.5, 0.6) is 0 Å². The number of carbonyl (C=O) groups excluding carboxylic acids is 2. The van der Waals surface area contributed by atoms with Gasteiger partial charge in [-0.05, 0) is 32.0 Å². The van der Waals surface area contributed by atoms with Gasteiger partial charge in [0.1, 0.15) is 0 Å². The number of amides is 2. The molecule has 1 aliphatic heterocycles. The number of alkyl halides is 3. The Balaban J connectivity index is 2.33. The van der Waals surface area contributed by atoms with Crippen molar-refractivity contribution in [1.82, 2.24) is 0 Å². The van der Waals surface area contributed by atoms with E-state index in [2.05, 4.69) is 0 Å². The van der Waals surface area contributed by atoms with E-state index in [0.29, 0.717) is 13.1 Å². The maximum absolute atomic E-state index is 12.8. The molecule has 7 heteroatoms. The highest BCUT2D eigenvalue weighted by atomic mass is 19.4. The molecule has 120 valence electrons. The van der Waals surface area contributed by atoms with Crippen molar-refractivity contribution in [2.75, 3.05) is 18.0 Å². The summed E-state index contributed by atoms with van der Waals surface area (Å²) in [6.45, 7) is 5.17. The predicted octanol–water partition coefficient (Wildman–Crippen LogP) is 1.26. The van der Waals surface area contributed by atoms with Gasteiger partial charge >= 0.3 is 6.18 Å². The summed E-state index contributed by atoms with van der Waals surface area (Å²) in [6.07, 6.45) is -4.47. The lowest BCUT2D eigenvalue weighted by molar-refractivity contribution is -0.911. The molecule has 0 aromatic heterocycles. The van der Waals surface area contributed by atoms with E-state index in [4.69, 9.17) is 0 Å². The van der Waals surface area contributed by atoms with Crippen molar-refractivity contribution < 1.29 is 27.7 Å². The number of likely N-dealkylation sites (N-methyl/N-ethyl adjacent to an activating group) is 1. The standard InChI is InChI=1S/C15H17F3N2O2/c1-3-19(4-2)12-9-13(21)20(14(12)22)11-7-5-6-10(8-11)15(16,17)18/h5-8,12H,3-4,9H2,1-2H3/p+1/t12-/m0/s1. The average molecular weight is 315 g/mol. The molecule has 0 radical (unpaired) electrons. The smallest absolute Gasteiger partial charge is 0.325 e. The van der Waals surface area contributed by atoms with Crippen LogP contribution in [0.1, 0.15) is 25.8 Å². The predicted molar refractivity (Wildman–Crippen MR) is 74.4 cm³/mol. The quantitative estimate of drug-likeness (QED) is 0.850. The Morgan fingerprint density at radius 2 is 1.86 bits per heavy atom. The van der Waals surface area contributed by atoms with Crippen molar-refractivity contribution in [3.63, 3.8) is 0 Å². The van der Waals surface area contributed by atoms with E-state index in [9.17, 15) is 22.8 Å². The Labute approximate surface area is 126 Å². The largest absolute Gasteiger partial charge is 0.416 e. The molecule has 0 saturated carbocycles. The second-order valence-corrected chi connectivity index (χ2v) is 5.24. The number of carbonyl (C=O) groups is 2. The Morgan fingerprint density at radius 1 is 1.23 bits per heavy atom. The van der Waals surface area contributed by atoms with Gasteiger partial charge in [-0.3, -0.25) is 9.59 Å². The summed E-state index contributed by atoms with van der Waals surface area (Å²) in [7, 11) is 0. The van der Waals surface area contributed by atoms with Crippen LogP contribution in [0.25, 0.3) is 0 Å². The molecule has 1 fully saturated rings. The summed E-state index contributed by atoms with van der Waals surface area (Å²) in [5.74, 6) is -0.878. The third-order valence-electron chi connectivity index (χ3n) is 3.98. The van der Waals surface area contributed by atoms with Crippen LogP contribution in [-0.2, 0) is 15.8 Å². The van der Waals surface area contributed by atoms with Gasteiger partial charge in [-0.15, -0.1) is 0 Å². The number of anilines is 1. The highest BCUT2D eigenvalue weighted by molar-refractivity contribution is 6.21. The molecular weight excluding hydrogens is 297 g/mol. The number of benzene rings is 1. The van der Waals surface area contributed by atoms with Crippen molar-refractivity contribution >= 4 is 17.5 Å². The fourth-order valence-corrected chi connectivity index (χ4v) is 2.79. The van der Waals surface area contributed by atoms with Gasteiger partial charge in [-0.2, -0.15) is 13.2 Å². The van der Waals surface area contributed by atoms with Crippen LogP contribution in [-0.4, -0.2) is 30.9 Å². The maximum Gasteiger partial charge on any atom is 0.416 e. The van der Waals surface area contributed by atoms with Crippen LogP contribution in [0.15, 0.2) is 24.3 Å². The molecule has 0 bridgehead atoms. The van der Waals surface area contributed by atoms with Crippen molar-refractivity contribution in [3.05, 3.63) is 29.8 Å². The lowest BCUT2D eigenvalue weighted by atomic mass is 10.2. The van der Waals surface area contributed by atoms with Gasteiger partial charge in [0.2, 0.25) is 5.91 Å². The van der Waals surface area contributed by atoms with Gasteiger partial charge in [-0.25, -0.2) is 4.90 Å². The maximum atomic E-state index is 12.8. The zero-order chi connectivity index (χ0) is 16.5. The first-order valence-corrected chi connectivity index (χ1v) is 7.18. The number of rotatable bonds is 4. The van der Waals surface area contributed by atoms with Crippen LogP contribution < -0.4 is 9.80 Å². The van der Waals surface area contributed by atoms with Crippen molar-refractivity contribution in [1.29, 1.82) is 0 Å². The van der Waals surface area contributed by atoms with E-state index in [1.807, 2.05) is 13.8 Å². The van der Waals surface area contributed by atoms with Crippen LogP contribution in [0.4, 0.5) is 18.9 Å². The first-order valence-electron chi connectivity index (χ1n) is 7.18. The molecule has 1 heterocycles. The third-order valence-corrected chi connectivity index (χ3v) is 3.98. The Kier molecular flexibility index (Phi) is 4.55. The molecule has 1 aromatic carbocycles. The molecule has 0 aliphatic carbocycles. The van der Waals surface area contributed by atoms with E-state index < -0.39 is 29.6 Å². The van der Waals surface area contributed by atoms with Crippen molar-refractivity contribution in [2.24, 2.45) is 0 Å². The van der Waals surface area contributed by atoms with Gasteiger partial charge in [0.25, 0.3) is 5.91 Å². The van der Waals surface area contributed by atoms with E-state index in [0.717, 1.165) is 21.9 Å². The van der Waals surface area contributed by atoms with Gasteiger partial charge in [0, 0.05) is 0 Å². The highest BCUT2D eigenvalue weighted by Crippen LogP contribution is 2.32. The lowest BCUT2D eigenvalue weighted by Gasteiger charge is -2.21. The van der Waals surface area contributed by atoms with Gasteiger partial charge in [0.05, 0.1) is 30.8 Å². The fourth-order valence-electron chi connectivity index (χ4n) is 2.79. The molecule has 0 spiro atoms. The zero-order valence-electron chi connectivity index (χ0n) is 12.4. The van der Waals surface area contributed by atoms with Crippen LogP contribution in [0.3, 0.4) is 0 Å². The molecule has 2 amide bonds. The SMILES string of the molecule is CC[NH+](CC)[C@H]1CC(=O)N(c2cccc(C(F)(F)F)c2)C1=O. The fraction of sp³-hybridized carbons (Fsp3) is 0.467. The summed E-state index contributed by atoms with van der Waals surface area (Å²) < 4.78 is 38.3. The van der Waals surface area contributed by atoms with E-state index in [1.54, 1.807) is 0 Å². The number of quaternary nitrogens is 1. The van der Waals surface area contributed by atoms with Crippen molar-refractivity contribution in [2.45, 2.75) is 32.5 Å². The number of imide groups is 1.